The molecule has 6 heteroatoms. The van der Waals surface area contributed by atoms with Gasteiger partial charge in [-0.3, -0.25) is 4.79 Å². The molecule has 1 saturated carbocycles. The topological polar surface area (TPSA) is 71.4 Å². The molecule has 2 atom stereocenters. The van der Waals surface area contributed by atoms with Crippen LogP contribution in [-0.4, -0.2) is 10.9 Å². The van der Waals surface area contributed by atoms with E-state index in [1.165, 1.54) is 6.20 Å². The summed E-state index contributed by atoms with van der Waals surface area (Å²) in [6, 6.07) is 5.77. The summed E-state index contributed by atoms with van der Waals surface area (Å²) in [5.41, 5.74) is 4.26. The number of carbonyl (C=O) groups excluding carboxylic acids is 1. The van der Waals surface area contributed by atoms with Crippen molar-refractivity contribution in [3.8, 4) is 0 Å². The summed E-state index contributed by atoms with van der Waals surface area (Å²) in [5.74, 6) is 0.743. The zero-order valence-corrected chi connectivity index (χ0v) is 13.9. The largest absolute Gasteiger partial charge is 0.340 e. The van der Waals surface area contributed by atoms with Gasteiger partial charge in [0.25, 0.3) is 0 Å². The van der Waals surface area contributed by atoms with E-state index in [0.29, 0.717) is 22.4 Å². The first-order valence-electron chi connectivity index (χ1n) is 8.02. The lowest BCUT2D eigenvalue weighted by Crippen LogP contribution is -2.11. The molecule has 1 aromatic heterocycles. The number of nitrogens with one attached hydrogen (secondary N) is 1. The van der Waals surface area contributed by atoms with Gasteiger partial charge in [0.2, 0.25) is 0 Å². The van der Waals surface area contributed by atoms with Gasteiger partial charge < -0.3 is 5.32 Å². The number of aromatic nitrogens is 1. The first kappa shape index (κ1) is 15.3. The summed E-state index contributed by atoms with van der Waals surface area (Å²) in [6.45, 7) is 1.95. The highest BCUT2D eigenvalue weighted by molar-refractivity contribution is 6.31. The molecule has 0 radical (unpaired) electrons. The van der Waals surface area contributed by atoms with Crippen LogP contribution in [0.4, 0.5) is 11.5 Å². The normalized spacial score (nSPS) is 20.8. The predicted octanol–water partition coefficient (Wildman–Crippen LogP) is 5.06. The fourth-order valence-electron chi connectivity index (χ4n) is 4.03. The van der Waals surface area contributed by atoms with Crippen molar-refractivity contribution in [3.63, 3.8) is 0 Å². The molecule has 2 unspecified atom stereocenters. The minimum absolute atomic E-state index is 0.329. The molecular formula is C18H16ClN3O2. The Morgan fingerprint density at radius 3 is 2.75 bits per heavy atom. The van der Waals surface area contributed by atoms with Gasteiger partial charge in [-0.15, -0.1) is 4.91 Å². The zero-order chi connectivity index (χ0) is 16.8. The molecule has 2 aromatic rings. The van der Waals surface area contributed by atoms with Crippen molar-refractivity contribution in [2.75, 3.05) is 5.32 Å². The number of rotatable bonds is 3. The quantitative estimate of drug-likeness (QED) is 0.792. The Labute approximate surface area is 144 Å². The number of hydrogen-bond donors (Lipinski definition) is 1. The fourth-order valence-corrected chi connectivity index (χ4v) is 4.21. The van der Waals surface area contributed by atoms with Crippen LogP contribution in [0.2, 0.25) is 5.02 Å². The third kappa shape index (κ3) is 2.31. The van der Waals surface area contributed by atoms with Gasteiger partial charge >= 0.3 is 5.91 Å². The van der Waals surface area contributed by atoms with Crippen molar-refractivity contribution in [3.05, 3.63) is 56.6 Å². The van der Waals surface area contributed by atoms with Crippen LogP contribution in [-0.2, 0) is 0 Å². The lowest BCUT2D eigenvalue weighted by Gasteiger charge is -2.21. The van der Waals surface area contributed by atoms with Crippen molar-refractivity contribution < 1.29 is 4.79 Å². The van der Waals surface area contributed by atoms with E-state index in [1.807, 2.05) is 25.1 Å². The number of aryl methyl sites for hydroxylation is 1. The zero-order valence-electron chi connectivity index (χ0n) is 13.2. The molecule has 1 aromatic carbocycles. The number of nitrogens with zero attached hydrogens (tertiary/aromatic N) is 2. The monoisotopic (exact) mass is 341 g/mol. The fraction of sp³-hybridized carbons (Fsp3) is 0.333. The maximum absolute atomic E-state index is 11.8. The van der Waals surface area contributed by atoms with E-state index in [9.17, 15) is 9.70 Å². The summed E-state index contributed by atoms with van der Waals surface area (Å²) >= 11 is 6.19. The standard InChI is InChI=1S/C18H16ClN3O2/c1-9-2-5-12(7-14(9)19)21-17-16-11-4-3-10(6-11)15(16)13(8-20-17)18(23)22-24/h2,5,7-8,10-11H,3-4,6H2,1H3,(H,20,21). The molecular weight excluding hydrogens is 326 g/mol. The molecule has 5 nitrogen and oxygen atoms in total. The molecule has 24 heavy (non-hydrogen) atoms. The average Bonchev–Trinajstić information content (AvgIpc) is 3.20. The summed E-state index contributed by atoms with van der Waals surface area (Å²) in [6.07, 6.45) is 4.64. The van der Waals surface area contributed by atoms with Crippen LogP contribution in [0.1, 0.15) is 58.1 Å². The molecule has 0 saturated heterocycles. The smallest absolute Gasteiger partial charge is 0.318 e. The summed E-state index contributed by atoms with van der Waals surface area (Å²) in [7, 11) is 0. The van der Waals surface area contributed by atoms with Crippen molar-refractivity contribution in [1.29, 1.82) is 0 Å². The van der Waals surface area contributed by atoms with Crippen LogP contribution < -0.4 is 5.32 Å². The summed E-state index contributed by atoms with van der Waals surface area (Å²) in [4.78, 5) is 27.0. The Bertz CT molecular complexity index is 866. The van der Waals surface area contributed by atoms with Crippen molar-refractivity contribution in [2.45, 2.75) is 38.0 Å². The highest BCUT2D eigenvalue weighted by Gasteiger charge is 2.42. The van der Waals surface area contributed by atoms with Gasteiger partial charge in [-0.1, -0.05) is 17.7 Å². The number of amides is 1. The van der Waals surface area contributed by atoms with Gasteiger partial charge in [0.05, 0.1) is 5.56 Å². The molecule has 1 amide bonds. The van der Waals surface area contributed by atoms with Crippen LogP contribution in [0.25, 0.3) is 0 Å². The molecule has 2 bridgehead atoms. The molecule has 4 rings (SSSR count). The number of benzene rings is 1. The van der Waals surface area contributed by atoms with Gasteiger partial charge in [0.15, 0.2) is 0 Å². The van der Waals surface area contributed by atoms with Crippen molar-refractivity contribution >= 4 is 29.0 Å². The first-order chi connectivity index (χ1) is 11.6. The molecule has 0 spiro atoms. The third-order valence-electron chi connectivity index (χ3n) is 5.16. The van der Waals surface area contributed by atoms with E-state index in [1.54, 1.807) is 0 Å². The van der Waals surface area contributed by atoms with Gasteiger partial charge in [-0.05, 0) is 61.3 Å². The molecule has 1 fully saturated rings. The predicted molar refractivity (Wildman–Crippen MR) is 93.2 cm³/mol. The minimum Gasteiger partial charge on any atom is -0.340 e. The molecule has 0 aliphatic heterocycles. The summed E-state index contributed by atoms with van der Waals surface area (Å²) < 4.78 is 0. The van der Waals surface area contributed by atoms with Gasteiger partial charge in [-0.25, -0.2) is 4.98 Å². The molecule has 2 aliphatic rings. The van der Waals surface area contributed by atoms with E-state index in [4.69, 9.17) is 11.6 Å². The van der Waals surface area contributed by atoms with Crippen molar-refractivity contribution in [2.24, 2.45) is 5.18 Å². The van der Waals surface area contributed by atoms with E-state index < -0.39 is 5.91 Å². The molecule has 1 N–H and O–H groups in total. The Kier molecular flexibility index (Phi) is 3.61. The van der Waals surface area contributed by atoms with Crippen LogP contribution in [0.3, 0.4) is 0 Å². The number of carbonyl (C=O) groups is 1. The van der Waals surface area contributed by atoms with Crippen LogP contribution in [0, 0.1) is 11.8 Å². The number of nitroso groups, excluding NO2 is 1. The lowest BCUT2D eigenvalue weighted by atomic mass is 9.89. The second-order valence-corrected chi connectivity index (χ2v) is 6.95. The average molecular weight is 342 g/mol. The minimum atomic E-state index is -0.726. The lowest BCUT2D eigenvalue weighted by molar-refractivity contribution is 0.0999. The molecule has 1 heterocycles. The third-order valence-corrected chi connectivity index (χ3v) is 5.56. The number of halogens is 1. The first-order valence-corrected chi connectivity index (χ1v) is 8.40. The Morgan fingerprint density at radius 1 is 1.29 bits per heavy atom. The van der Waals surface area contributed by atoms with Crippen LogP contribution in [0.15, 0.2) is 29.6 Å². The molecule has 122 valence electrons. The van der Waals surface area contributed by atoms with E-state index >= 15 is 0 Å². The Balaban J connectivity index is 1.79. The second-order valence-electron chi connectivity index (χ2n) is 6.54. The summed E-state index contributed by atoms with van der Waals surface area (Å²) in [5, 5.41) is 6.60. The SMILES string of the molecule is Cc1ccc(Nc2ncc(C(=O)N=O)c3c2C2CCC3C2)cc1Cl. The van der Waals surface area contributed by atoms with Gasteiger partial charge in [0, 0.05) is 27.6 Å². The maximum atomic E-state index is 11.8. The maximum Gasteiger partial charge on any atom is 0.318 e. The number of anilines is 2. The van der Waals surface area contributed by atoms with Crippen LogP contribution in [0.5, 0.6) is 0 Å². The van der Waals surface area contributed by atoms with E-state index in [0.717, 1.165) is 47.5 Å². The number of hydrogen-bond acceptors (Lipinski definition) is 4. The van der Waals surface area contributed by atoms with Crippen molar-refractivity contribution in [1.82, 2.24) is 4.98 Å². The highest BCUT2D eigenvalue weighted by atomic mass is 35.5. The number of pyridine rings is 1. The van der Waals surface area contributed by atoms with Gasteiger partial charge in [0.1, 0.15) is 5.82 Å². The molecule has 2 aliphatic carbocycles. The van der Waals surface area contributed by atoms with E-state index in [-0.39, 0.29) is 0 Å². The van der Waals surface area contributed by atoms with Gasteiger partial charge in [-0.2, -0.15) is 0 Å². The number of fused-ring (bicyclic) bond motifs is 5. The Morgan fingerprint density at radius 2 is 2.04 bits per heavy atom. The van der Waals surface area contributed by atoms with Crippen LogP contribution >= 0.6 is 11.6 Å². The Hall–Kier alpha value is -2.27. The second kappa shape index (κ2) is 5.67. The highest BCUT2D eigenvalue weighted by Crippen LogP contribution is 2.56. The van der Waals surface area contributed by atoms with E-state index in [2.05, 4.69) is 15.5 Å².